The summed E-state index contributed by atoms with van der Waals surface area (Å²) in [6, 6.07) is 21.4. The molecule has 2 aromatic carbocycles. The lowest BCUT2D eigenvalue weighted by atomic mass is 9.65. The molecule has 0 spiro atoms. The van der Waals surface area contributed by atoms with Crippen LogP contribution < -0.4 is 0 Å². The van der Waals surface area contributed by atoms with Crippen molar-refractivity contribution in [1.82, 2.24) is 0 Å². The van der Waals surface area contributed by atoms with Gasteiger partial charge in [0.15, 0.2) is 0 Å². The third-order valence-electron chi connectivity index (χ3n) is 8.74. The number of benzene rings is 2. The molecule has 0 fully saturated rings. The Hall–Kier alpha value is -1.64. The molecule has 2 heteroatoms. The van der Waals surface area contributed by atoms with Crippen molar-refractivity contribution in [2.24, 2.45) is 32.5 Å². The molecule has 0 aliphatic carbocycles. The molecule has 0 radical (unpaired) electrons. The molecule has 0 saturated heterocycles. The minimum absolute atomic E-state index is 0.0299. The van der Waals surface area contributed by atoms with Crippen LogP contribution in [0.5, 0.6) is 0 Å². The number of hydrogen-bond donors (Lipinski definition) is 0. The Morgan fingerprint density at radius 1 is 0.341 bits per heavy atom. The van der Waals surface area contributed by atoms with Gasteiger partial charge in [-0.2, -0.15) is 0 Å². The summed E-state index contributed by atoms with van der Waals surface area (Å²) in [5.74, 6) is 0. The zero-order chi connectivity index (χ0) is 33.9. The van der Waals surface area contributed by atoms with Crippen molar-refractivity contribution in [3.63, 3.8) is 0 Å². The molecule has 2 atom stereocenters. The van der Waals surface area contributed by atoms with Crippen LogP contribution in [0.3, 0.4) is 0 Å². The van der Waals surface area contributed by atoms with Crippen LogP contribution in [0.1, 0.15) is 160 Å². The highest BCUT2D eigenvalue weighted by Gasteiger charge is 2.44. The molecule has 0 N–H and O–H groups in total. The molecule has 0 saturated carbocycles. The summed E-state index contributed by atoms with van der Waals surface area (Å²) < 4.78 is 0. The van der Waals surface area contributed by atoms with Gasteiger partial charge < -0.3 is 0 Å². The first-order valence-electron chi connectivity index (χ1n) is 17.1. The summed E-state index contributed by atoms with van der Waals surface area (Å²) in [6.45, 7) is 37.9. The summed E-state index contributed by atoms with van der Waals surface area (Å²) in [5.41, 5.74) is 2.13. The normalized spacial score (nSPS) is 16.8. The molecule has 2 aromatic rings. The standard InChI is InChI=1S/C42H70O2/c1-35(2,3)27-37(7,8)29-39(11,12)31-41(15,33-23-19-17-20-24-33)43-44-42(16,34-25-21-18-22-26-34)32-40(13,14)30-38(9,10)28-36(4,5)6/h17-26H,27-32H2,1-16H3. The Kier molecular flexibility index (Phi) is 11.9. The maximum absolute atomic E-state index is 6.84. The molecule has 0 aromatic heterocycles. The third kappa shape index (κ3) is 13.0. The average Bonchev–Trinajstić information content (AvgIpc) is 2.78. The van der Waals surface area contributed by atoms with E-state index in [1.807, 2.05) is 0 Å². The largest absolute Gasteiger partial charge is 0.225 e. The van der Waals surface area contributed by atoms with Crippen molar-refractivity contribution in [3.05, 3.63) is 71.8 Å². The lowest BCUT2D eigenvalue weighted by molar-refractivity contribution is -0.425. The Morgan fingerprint density at radius 2 is 0.591 bits per heavy atom. The van der Waals surface area contributed by atoms with E-state index < -0.39 is 11.2 Å². The van der Waals surface area contributed by atoms with E-state index in [2.05, 4.69) is 171 Å². The molecule has 2 rings (SSSR count). The topological polar surface area (TPSA) is 18.5 Å². The fourth-order valence-corrected chi connectivity index (χ4v) is 9.66. The predicted molar refractivity (Wildman–Crippen MR) is 191 cm³/mol. The van der Waals surface area contributed by atoms with E-state index >= 15 is 0 Å². The molecule has 250 valence electrons. The summed E-state index contributed by atoms with van der Waals surface area (Å²) in [6.07, 6.45) is 6.27. The Balaban J connectivity index is 2.45. The second-order valence-electron chi connectivity index (χ2n) is 20.2. The summed E-state index contributed by atoms with van der Waals surface area (Å²) in [7, 11) is 0. The number of hydrogen-bond acceptors (Lipinski definition) is 2. The lowest BCUT2D eigenvalue weighted by Crippen LogP contribution is -2.40. The Labute approximate surface area is 274 Å². The van der Waals surface area contributed by atoms with E-state index in [1.165, 1.54) is 12.8 Å². The molecule has 0 amide bonds. The van der Waals surface area contributed by atoms with Gasteiger partial charge in [-0.1, -0.05) is 158 Å². The van der Waals surface area contributed by atoms with Gasteiger partial charge in [-0.15, -0.1) is 0 Å². The molecule has 0 heterocycles. The van der Waals surface area contributed by atoms with E-state index in [9.17, 15) is 0 Å². The molecule has 2 nitrogen and oxygen atoms in total. The van der Waals surface area contributed by atoms with E-state index in [0.29, 0.717) is 0 Å². The average molecular weight is 607 g/mol. The zero-order valence-corrected chi connectivity index (χ0v) is 31.8. The van der Waals surface area contributed by atoms with Crippen molar-refractivity contribution in [2.75, 3.05) is 0 Å². The van der Waals surface area contributed by atoms with Crippen LogP contribution >= 0.6 is 0 Å². The van der Waals surface area contributed by atoms with Crippen molar-refractivity contribution in [1.29, 1.82) is 0 Å². The fraction of sp³-hybridized carbons (Fsp3) is 0.714. The van der Waals surface area contributed by atoms with E-state index in [1.54, 1.807) is 0 Å². The quantitative estimate of drug-likeness (QED) is 0.148. The van der Waals surface area contributed by atoms with E-state index in [0.717, 1.165) is 36.8 Å². The third-order valence-corrected chi connectivity index (χ3v) is 8.74. The minimum atomic E-state index is -0.617. The van der Waals surface area contributed by atoms with Crippen LogP contribution in [-0.2, 0) is 21.0 Å². The molecular formula is C42H70O2. The molecule has 0 aliphatic rings. The van der Waals surface area contributed by atoms with Gasteiger partial charge >= 0.3 is 0 Å². The lowest BCUT2D eigenvalue weighted by Gasteiger charge is -2.45. The molecule has 0 aliphatic heterocycles. The summed E-state index contributed by atoms with van der Waals surface area (Å²) in [4.78, 5) is 13.7. The van der Waals surface area contributed by atoms with Crippen LogP contribution in [0.25, 0.3) is 0 Å². The van der Waals surface area contributed by atoms with Crippen molar-refractivity contribution >= 4 is 0 Å². The highest BCUT2D eigenvalue weighted by Crippen LogP contribution is 2.50. The Morgan fingerprint density at radius 3 is 0.841 bits per heavy atom. The van der Waals surface area contributed by atoms with Gasteiger partial charge in [-0.05, 0) is 96.0 Å². The smallest absolute Gasteiger partial charge is 0.126 e. The summed E-state index contributed by atoms with van der Waals surface area (Å²) in [5, 5.41) is 0. The second-order valence-corrected chi connectivity index (χ2v) is 20.2. The Bertz CT molecular complexity index is 1050. The van der Waals surface area contributed by atoms with Gasteiger partial charge in [0.2, 0.25) is 0 Å². The maximum Gasteiger partial charge on any atom is 0.126 e. The van der Waals surface area contributed by atoms with Gasteiger partial charge in [0.25, 0.3) is 0 Å². The van der Waals surface area contributed by atoms with Gasteiger partial charge in [0.05, 0.1) is 0 Å². The van der Waals surface area contributed by atoms with E-state index in [-0.39, 0.29) is 32.5 Å². The second kappa shape index (κ2) is 13.6. The van der Waals surface area contributed by atoms with Crippen LogP contribution in [0.2, 0.25) is 0 Å². The highest BCUT2D eigenvalue weighted by atomic mass is 17.2. The predicted octanol–water partition coefficient (Wildman–Crippen LogP) is 13.3. The SMILES string of the molecule is CC(C)(C)CC(C)(C)CC(C)(C)CC(C)(OOC(C)(CC(C)(C)CC(C)(C)CC(C)(C)C)c1ccccc1)c1ccccc1. The molecular weight excluding hydrogens is 536 g/mol. The maximum atomic E-state index is 6.84. The molecule has 2 unspecified atom stereocenters. The molecule has 44 heavy (non-hydrogen) atoms. The van der Waals surface area contributed by atoms with Crippen LogP contribution in [-0.4, -0.2) is 0 Å². The number of rotatable bonds is 15. The van der Waals surface area contributed by atoms with Crippen molar-refractivity contribution in [2.45, 2.75) is 161 Å². The van der Waals surface area contributed by atoms with Crippen molar-refractivity contribution < 1.29 is 9.78 Å². The summed E-state index contributed by atoms with van der Waals surface area (Å²) >= 11 is 0. The highest BCUT2D eigenvalue weighted by molar-refractivity contribution is 5.24. The van der Waals surface area contributed by atoms with Gasteiger partial charge in [-0.3, -0.25) is 0 Å². The first-order valence-corrected chi connectivity index (χ1v) is 17.1. The minimum Gasteiger partial charge on any atom is -0.225 e. The van der Waals surface area contributed by atoms with E-state index in [4.69, 9.17) is 9.78 Å². The van der Waals surface area contributed by atoms with Crippen LogP contribution in [0, 0.1) is 32.5 Å². The molecule has 0 bridgehead atoms. The zero-order valence-electron chi connectivity index (χ0n) is 31.8. The van der Waals surface area contributed by atoms with Gasteiger partial charge in [0, 0.05) is 0 Å². The fourth-order valence-electron chi connectivity index (χ4n) is 9.66. The van der Waals surface area contributed by atoms with Crippen molar-refractivity contribution in [3.8, 4) is 0 Å². The first-order chi connectivity index (χ1) is 19.7. The van der Waals surface area contributed by atoms with Gasteiger partial charge in [-0.25, -0.2) is 9.78 Å². The first kappa shape index (κ1) is 38.5. The van der Waals surface area contributed by atoms with Crippen LogP contribution in [0.15, 0.2) is 60.7 Å². The monoisotopic (exact) mass is 607 g/mol. The van der Waals surface area contributed by atoms with Gasteiger partial charge in [0.1, 0.15) is 11.2 Å². The van der Waals surface area contributed by atoms with Crippen LogP contribution in [0.4, 0.5) is 0 Å².